The molecular formula is C23H22N4O3S3. The van der Waals surface area contributed by atoms with Gasteiger partial charge in [0.2, 0.25) is 15.9 Å². The first-order valence-corrected chi connectivity index (χ1v) is 13.5. The zero-order valence-corrected chi connectivity index (χ0v) is 20.4. The summed E-state index contributed by atoms with van der Waals surface area (Å²) in [7, 11) is -3.75. The number of benzene rings is 2. The number of nitrogens with two attached hydrogens (primary N) is 1. The Morgan fingerprint density at radius 3 is 2.48 bits per heavy atom. The lowest BCUT2D eigenvalue weighted by molar-refractivity contribution is -0.119. The summed E-state index contributed by atoms with van der Waals surface area (Å²) < 4.78 is 22.8. The minimum Gasteiger partial charge on any atom is -0.349 e. The van der Waals surface area contributed by atoms with Crippen LogP contribution in [0.3, 0.4) is 0 Å². The Hall–Kier alpha value is -2.79. The smallest absolute Gasteiger partial charge is 0.238 e. The van der Waals surface area contributed by atoms with Crippen molar-refractivity contribution in [3.8, 4) is 11.1 Å². The fraction of sp³-hybridized carbons (Fsp3) is 0.174. The van der Waals surface area contributed by atoms with E-state index in [-0.39, 0.29) is 22.6 Å². The van der Waals surface area contributed by atoms with Gasteiger partial charge in [-0.15, -0.1) is 11.3 Å². The van der Waals surface area contributed by atoms with E-state index in [4.69, 9.17) is 5.14 Å². The second-order valence-corrected chi connectivity index (χ2v) is 10.9. The molecule has 0 saturated carbocycles. The third-order valence-electron chi connectivity index (χ3n) is 5.12. The highest BCUT2D eigenvalue weighted by atomic mass is 32.2. The van der Waals surface area contributed by atoms with Gasteiger partial charge in [-0.2, -0.15) is 0 Å². The molecule has 0 aliphatic rings. The van der Waals surface area contributed by atoms with Gasteiger partial charge >= 0.3 is 0 Å². The molecule has 0 aliphatic carbocycles. The maximum atomic E-state index is 12.6. The summed E-state index contributed by atoms with van der Waals surface area (Å²) >= 11 is 2.92. The Morgan fingerprint density at radius 1 is 1.12 bits per heavy atom. The van der Waals surface area contributed by atoms with E-state index in [9.17, 15) is 13.2 Å². The van der Waals surface area contributed by atoms with Crippen LogP contribution in [-0.2, 0) is 14.8 Å². The van der Waals surface area contributed by atoms with E-state index < -0.39 is 10.0 Å². The van der Waals surface area contributed by atoms with Crippen LogP contribution in [0.1, 0.15) is 24.1 Å². The second-order valence-electron chi connectivity index (χ2n) is 7.57. The highest BCUT2D eigenvalue weighted by molar-refractivity contribution is 8.00. The van der Waals surface area contributed by atoms with E-state index in [1.54, 1.807) is 23.5 Å². The van der Waals surface area contributed by atoms with Crippen LogP contribution in [0.25, 0.3) is 21.3 Å². The number of aromatic nitrogens is 2. The number of rotatable bonds is 7. The number of amides is 1. The lowest BCUT2D eigenvalue weighted by Crippen LogP contribution is -2.28. The fourth-order valence-electron chi connectivity index (χ4n) is 3.35. The largest absolute Gasteiger partial charge is 0.349 e. The third-order valence-corrected chi connectivity index (χ3v) is 7.93. The van der Waals surface area contributed by atoms with E-state index in [0.717, 1.165) is 31.9 Å². The van der Waals surface area contributed by atoms with Crippen molar-refractivity contribution < 1.29 is 13.2 Å². The molecule has 0 radical (unpaired) electrons. The summed E-state index contributed by atoms with van der Waals surface area (Å²) in [6, 6.07) is 14.2. The van der Waals surface area contributed by atoms with E-state index in [2.05, 4.69) is 44.9 Å². The van der Waals surface area contributed by atoms with Gasteiger partial charge < -0.3 is 5.32 Å². The zero-order chi connectivity index (χ0) is 23.6. The molecule has 4 rings (SSSR count). The summed E-state index contributed by atoms with van der Waals surface area (Å²) in [5.41, 5.74) is 4.12. The first-order chi connectivity index (χ1) is 15.7. The van der Waals surface area contributed by atoms with Crippen LogP contribution < -0.4 is 10.5 Å². The number of primary sulfonamides is 1. The van der Waals surface area contributed by atoms with Gasteiger partial charge in [0, 0.05) is 10.9 Å². The van der Waals surface area contributed by atoms with Crippen molar-refractivity contribution in [3.63, 3.8) is 0 Å². The highest BCUT2D eigenvalue weighted by Gasteiger charge is 2.16. The van der Waals surface area contributed by atoms with Gasteiger partial charge in [-0.05, 0) is 37.1 Å². The van der Waals surface area contributed by atoms with Crippen molar-refractivity contribution in [2.45, 2.75) is 29.8 Å². The number of thiophene rings is 1. The standard InChI is InChI=1S/C23H22N4O3S3/c1-14-3-5-17(6-4-14)19-11-31-22-21(19)23(26-13-25-22)32-12-20(28)27-15(2)16-7-9-18(10-8-16)33(24,29)30/h3-11,13,15H,12H2,1-2H3,(H,27,28)(H2,24,29,30)/t15-/m1/s1. The number of fused-ring (bicyclic) bond motifs is 1. The Kier molecular flexibility index (Phi) is 6.80. The summed E-state index contributed by atoms with van der Waals surface area (Å²) in [5.74, 6) is 0.0384. The molecule has 0 fully saturated rings. The number of nitrogens with one attached hydrogen (secondary N) is 1. The van der Waals surface area contributed by atoms with Gasteiger partial charge in [0.15, 0.2) is 0 Å². The minimum absolute atomic E-state index is 0.0354. The summed E-state index contributed by atoms with van der Waals surface area (Å²) in [6.07, 6.45) is 1.52. The van der Waals surface area contributed by atoms with Crippen LogP contribution in [0.4, 0.5) is 0 Å². The van der Waals surface area contributed by atoms with Gasteiger partial charge in [-0.25, -0.2) is 23.5 Å². The average Bonchev–Trinajstić information content (AvgIpc) is 3.22. The van der Waals surface area contributed by atoms with Gasteiger partial charge in [-0.1, -0.05) is 53.7 Å². The van der Waals surface area contributed by atoms with Crippen molar-refractivity contribution in [2.24, 2.45) is 5.14 Å². The summed E-state index contributed by atoms with van der Waals surface area (Å²) in [6.45, 7) is 3.89. The zero-order valence-electron chi connectivity index (χ0n) is 18.0. The van der Waals surface area contributed by atoms with Crippen LogP contribution in [0.5, 0.6) is 0 Å². The predicted molar refractivity (Wildman–Crippen MR) is 133 cm³/mol. The molecule has 33 heavy (non-hydrogen) atoms. The molecule has 1 atom stereocenters. The summed E-state index contributed by atoms with van der Waals surface area (Å²) in [5, 5.41) is 11.9. The molecule has 0 aliphatic heterocycles. The van der Waals surface area contributed by atoms with E-state index in [1.807, 2.05) is 13.8 Å². The molecule has 7 nitrogen and oxygen atoms in total. The fourth-order valence-corrected chi connectivity index (χ4v) is 5.67. The molecule has 0 bridgehead atoms. The molecule has 2 aromatic heterocycles. The number of carbonyl (C=O) groups is 1. The maximum absolute atomic E-state index is 12.6. The van der Waals surface area contributed by atoms with Gasteiger partial charge in [0.05, 0.1) is 22.1 Å². The Morgan fingerprint density at radius 2 is 1.82 bits per heavy atom. The predicted octanol–water partition coefficient (Wildman–Crippen LogP) is 4.28. The normalized spacial score (nSPS) is 12.6. The molecule has 1 amide bonds. The molecule has 2 heterocycles. The quantitative estimate of drug-likeness (QED) is 0.290. The van der Waals surface area contributed by atoms with Gasteiger partial charge in [-0.3, -0.25) is 4.79 Å². The average molecular weight is 499 g/mol. The van der Waals surface area contributed by atoms with Crippen LogP contribution in [0.15, 0.2) is 70.2 Å². The number of hydrogen-bond acceptors (Lipinski definition) is 7. The summed E-state index contributed by atoms with van der Waals surface area (Å²) in [4.78, 5) is 22.3. The van der Waals surface area contributed by atoms with Crippen molar-refractivity contribution in [1.29, 1.82) is 0 Å². The van der Waals surface area contributed by atoms with E-state index in [0.29, 0.717) is 0 Å². The van der Waals surface area contributed by atoms with Crippen molar-refractivity contribution in [2.75, 3.05) is 5.75 Å². The van der Waals surface area contributed by atoms with Crippen LogP contribution in [0.2, 0.25) is 0 Å². The number of thioether (sulfide) groups is 1. The second kappa shape index (κ2) is 9.60. The van der Waals surface area contributed by atoms with Gasteiger partial charge in [0.1, 0.15) is 16.2 Å². The molecule has 170 valence electrons. The molecule has 10 heteroatoms. The molecule has 0 saturated heterocycles. The number of aryl methyl sites for hydroxylation is 1. The Labute approximate surface area is 200 Å². The van der Waals surface area contributed by atoms with Crippen LogP contribution in [0, 0.1) is 6.92 Å². The maximum Gasteiger partial charge on any atom is 0.238 e. The number of nitrogens with zero attached hydrogens (tertiary/aromatic N) is 2. The van der Waals surface area contributed by atoms with Crippen LogP contribution >= 0.6 is 23.1 Å². The lowest BCUT2D eigenvalue weighted by Gasteiger charge is -2.14. The topological polar surface area (TPSA) is 115 Å². The van der Waals surface area contributed by atoms with E-state index in [1.165, 1.54) is 35.8 Å². The van der Waals surface area contributed by atoms with Crippen molar-refractivity contribution in [1.82, 2.24) is 15.3 Å². The molecule has 0 unspecified atom stereocenters. The van der Waals surface area contributed by atoms with E-state index >= 15 is 0 Å². The SMILES string of the molecule is Cc1ccc(-c2csc3ncnc(SCC(=O)N[C@H](C)c4ccc(S(N)(=O)=O)cc4)c23)cc1. The number of sulfonamides is 1. The van der Waals surface area contributed by atoms with Crippen molar-refractivity contribution in [3.05, 3.63) is 71.4 Å². The molecule has 2 aromatic carbocycles. The first-order valence-electron chi connectivity index (χ1n) is 10.1. The third kappa shape index (κ3) is 5.41. The molecule has 0 spiro atoms. The highest BCUT2D eigenvalue weighted by Crippen LogP contribution is 2.37. The molecule has 3 N–H and O–H groups in total. The minimum atomic E-state index is -3.75. The Bertz CT molecular complexity index is 1400. The van der Waals surface area contributed by atoms with Crippen molar-refractivity contribution >= 4 is 49.2 Å². The molecular weight excluding hydrogens is 476 g/mol. The lowest BCUT2D eigenvalue weighted by atomic mass is 10.1. The van der Waals surface area contributed by atoms with Gasteiger partial charge in [0.25, 0.3) is 0 Å². The van der Waals surface area contributed by atoms with Crippen LogP contribution in [-0.4, -0.2) is 30.0 Å². The first kappa shape index (κ1) is 23.4. The number of hydrogen-bond donors (Lipinski definition) is 2. The number of carbonyl (C=O) groups excluding carboxylic acids is 1. The Balaban J connectivity index is 1.46. The monoisotopic (exact) mass is 498 g/mol. The molecule has 4 aromatic rings.